The molecule has 100 valence electrons. The number of nitrogens with zero attached hydrogens (tertiary/aromatic N) is 3. The van der Waals surface area contributed by atoms with Crippen molar-refractivity contribution in [1.82, 2.24) is 14.8 Å². The lowest BCUT2D eigenvalue weighted by molar-refractivity contribution is 0.836. The van der Waals surface area contributed by atoms with Crippen LogP contribution < -0.4 is 0 Å². The number of aromatic nitrogens is 3. The SMILES string of the molecule is Cc1cc(CBr)cnc1-n1cc(-c2ccccc2)cn1. The van der Waals surface area contributed by atoms with E-state index >= 15 is 0 Å². The zero-order chi connectivity index (χ0) is 13.9. The van der Waals surface area contributed by atoms with Gasteiger partial charge in [0.15, 0.2) is 5.82 Å². The van der Waals surface area contributed by atoms with Crippen LogP contribution in [0.25, 0.3) is 16.9 Å². The van der Waals surface area contributed by atoms with Crippen LogP contribution in [-0.4, -0.2) is 14.8 Å². The largest absolute Gasteiger partial charge is 0.237 e. The minimum absolute atomic E-state index is 0.815. The number of rotatable bonds is 3. The first-order valence-electron chi connectivity index (χ1n) is 6.40. The second-order valence-electron chi connectivity index (χ2n) is 4.66. The fourth-order valence-electron chi connectivity index (χ4n) is 2.16. The van der Waals surface area contributed by atoms with Crippen molar-refractivity contribution in [3.63, 3.8) is 0 Å². The number of alkyl halides is 1. The van der Waals surface area contributed by atoms with Crippen LogP contribution in [-0.2, 0) is 5.33 Å². The first-order chi connectivity index (χ1) is 9.78. The van der Waals surface area contributed by atoms with Gasteiger partial charge < -0.3 is 0 Å². The van der Waals surface area contributed by atoms with Gasteiger partial charge in [-0.2, -0.15) is 5.10 Å². The molecular weight excluding hydrogens is 314 g/mol. The van der Waals surface area contributed by atoms with Crippen molar-refractivity contribution in [2.45, 2.75) is 12.3 Å². The standard InChI is InChI=1S/C16H14BrN3/c1-12-7-13(8-17)9-18-16(12)20-11-15(10-19-20)14-5-3-2-4-6-14/h2-7,9-11H,8H2,1H3. The van der Waals surface area contributed by atoms with Crippen molar-refractivity contribution in [1.29, 1.82) is 0 Å². The number of hydrogen-bond acceptors (Lipinski definition) is 2. The van der Waals surface area contributed by atoms with Crippen LogP contribution in [0.3, 0.4) is 0 Å². The van der Waals surface area contributed by atoms with Crippen molar-refractivity contribution in [2.24, 2.45) is 0 Å². The van der Waals surface area contributed by atoms with Crippen LogP contribution >= 0.6 is 15.9 Å². The number of aryl methyl sites for hydroxylation is 1. The third-order valence-corrected chi connectivity index (χ3v) is 3.82. The second-order valence-corrected chi connectivity index (χ2v) is 5.22. The van der Waals surface area contributed by atoms with Crippen molar-refractivity contribution in [3.05, 3.63) is 66.1 Å². The van der Waals surface area contributed by atoms with Gasteiger partial charge >= 0.3 is 0 Å². The summed E-state index contributed by atoms with van der Waals surface area (Å²) in [7, 11) is 0. The summed E-state index contributed by atoms with van der Waals surface area (Å²) in [6.07, 6.45) is 5.76. The van der Waals surface area contributed by atoms with Crippen LogP contribution in [0, 0.1) is 6.92 Å². The molecule has 0 bridgehead atoms. The fourth-order valence-corrected chi connectivity index (χ4v) is 2.46. The molecule has 0 unspecified atom stereocenters. The van der Waals surface area contributed by atoms with Crippen LogP contribution in [0.15, 0.2) is 55.0 Å². The number of pyridine rings is 1. The first kappa shape index (κ1) is 13.1. The van der Waals surface area contributed by atoms with E-state index in [2.05, 4.69) is 51.1 Å². The highest BCUT2D eigenvalue weighted by atomic mass is 79.9. The summed E-state index contributed by atoms with van der Waals surface area (Å²) in [5, 5.41) is 5.24. The molecule has 3 aromatic rings. The van der Waals surface area contributed by atoms with E-state index < -0.39 is 0 Å². The molecule has 0 spiro atoms. The Kier molecular flexibility index (Phi) is 3.65. The Labute approximate surface area is 126 Å². The minimum Gasteiger partial charge on any atom is -0.237 e. The van der Waals surface area contributed by atoms with Gasteiger partial charge in [0.25, 0.3) is 0 Å². The molecule has 0 saturated carbocycles. The van der Waals surface area contributed by atoms with Crippen molar-refractivity contribution in [3.8, 4) is 16.9 Å². The topological polar surface area (TPSA) is 30.7 Å². The Bertz CT molecular complexity index is 720. The van der Waals surface area contributed by atoms with E-state index in [0.29, 0.717) is 0 Å². The van der Waals surface area contributed by atoms with Crippen LogP contribution in [0.2, 0.25) is 0 Å². The minimum atomic E-state index is 0.815. The van der Waals surface area contributed by atoms with E-state index in [1.165, 1.54) is 5.56 Å². The maximum absolute atomic E-state index is 4.50. The van der Waals surface area contributed by atoms with Crippen molar-refractivity contribution in [2.75, 3.05) is 0 Å². The van der Waals surface area contributed by atoms with E-state index in [0.717, 1.165) is 27.8 Å². The molecule has 20 heavy (non-hydrogen) atoms. The lowest BCUT2D eigenvalue weighted by atomic mass is 10.1. The van der Waals surface area contributed by atoms with Crippen molar-refractivity contribution < 1.29 is 0 Å². The van der Waals surface area contributed by atoms with Crippen LogP contribution in [0.4, 0.5) is 0 Å². The quantitative estimate of drug-likeness (QED) is 0.677. The molecule has 0 radical (unpaired) electrons. The molecule has 0 aliphatic heterocycles. The van der Waals surface area contributed by atoms with Gasteiger partial charge in [-0.1, -0.05) is 46.3 Å². The average molecular weight is 328 g/mol. The Morgan fingerprint density at radius 3 is 2.60 bits per heavy atom. The summed E-state index contributed by atoms with van der Waals surface area (Å²) in [5.41, 5.74) is 4.54. The van der Waals surface area contributed by atoms with Crippen LogP contribution in [0.5, 0.6) is 0 Å². The molecular formula is C16H14BrN3. The molecule has 3 nitrogen and oxygen atoms in total. The first-order valence-corrected chi connectivity index (χ1v) is 7.52. The maximum atomic E-state index is 4.50. The Balaban J connectivity index is 1.98. The number of halogens is 1. The zero-order valence-corrected chi connectivity index (χ0v) is 12.7. The van der Waals surface area contributed by atoms with Gasteiger partial charge in [0, 0.05) is 23.3 Å². The van der Waals surface area contributed by atoms with Gasteiger partial charge in [0.1, 0.15) is 0 Å². The van der Waals surface area contributed by atoms with Crippen LogP contribution in [0.1, 0.15) is 11.1 Å². The Morgan fingerprint density at radius 2 is 1.90 bits per heavy atom. The average Bonchev–Trinajstić information content (AvgIpc) is 2.97. The van der Waals surface area contributed by atoms with Gasteiger partial charge in [-0.3, -0.25) is 0 Å². The summed E-state index contributed by atoms with van der Waals surface area (Å²) in [5.74, 6) is 0.872. The van der Waals surface area contributed by atoms with Gasteiger partial charge in [-0.25, -0.2) is 9.67 Å². The van der Waals surface area contributed by atoms with E-state index in [-0.39, 0.29) is 0 Å². The van der Waals surface area contributed by atoms with E-state index in [9.17, 15) is 0 Å². The highest BCUT2D eigenvalue weighted by molar-refractivity contribution is 9.08. The highest BCUT2D eigenvalue weighted by Crippen LogP contribution is 2.20. The van der Waals surface area contributed by atoms with Crippen molar-refractivity contribution >= 4 is 15.9 Å². The molecule has 0 fully saturated rings. The third kappa shape index (κ3) is 2.51. The molecule has 0 amide bonds. The molecule has 4 heteroatoms. The molecule has 1 aromatic carbocycles. The van der Waals surface area contributed by atoms with Gasteiger partial charge in [0.05, 0.1) is 6.20 Å². The van der Waals surface area contributed by atoms with E-state index in [4.69, 9.17) is 0 Å². The van der Waals surface area contributed by atoms with E-state index in [1.54, 1.807) is 0 Å². The summed E-state index contributed by atoms with van der Waals surface area (Å²) < 4.78 is 1.83. The predicted molar refractivity (Wildman–Crippen MR) is 84.2 cm³/mol. The zero-order valence-electron chi connectivity index (χ0n) is 11.1. The summed E-state index contributed by atoms with van der Waals surface area (Å²) in [4.78, 5) is 4.50. The summed E-state index contributed by atoms with van der Waals surface area (Å²) >= 11 is 3.44. The second kappa shape index (κ2) is 5.59. The maximum Gasteiger partial charge on any atom is 0.156 e. The number of benzene rings is 1. The lowest BCUT2D eigenvalue weighted by Crippen LogP contribution is -2.01. The molecule has 0 atom stereocenters. The molecule has 0 aliphatic rings. The normalized spacial score (nSPS) is 10.7. The monoisotopic (exact) mass is 327 g/mol. The van der Waals surface area contributed by atoms with Gasteiger partial charge in [-0.05, 0) is 29.7 Å². The molecule has 3 rings (SSSR count). The molecule has 0 N–H and O–H groups in total. The lowest BCUT2D eigenvalue weighted by Gasteiger charge is -2.05. The van der Waals surface area contributed by atoms with E-state index in [1.807, 2.05) is 41.5 Å². The Morgan fingerprint density at radius 1 is 1.10 bits per heavy atom. The Hall–Kier alpha value is -1.94. The number of hydrogen-bond donors (Lipinski definition) is 0. The van der Waals surface area contributed by atoms with Gasteiger partial charge in [0.2, 0.25) is 0 Å². The fraction of sp³-hybridized carbons (Fsp3) is 0.125. The molecule has 0 aliphatic carbocycles. The summed E-state index contributed by atoms with van der Waals surface area (Å²) in [6.45, 7) is 2.05. The summed E-state index contributed by atoms with van der Waals surface area (Å²) in [6, 6.07) is 12.4. The molecule has 2 aromatic heterocycles. The smallest absolute Gasteiger partial charge is 0.156 e. The van der Waals surface area contributed by atoms with Gasteiger partial charge in [-0.15, -0.1) is 0 Å². The highest BCUT2D eigenvalue weighted by Gasteiger charge is 2.07. The third-order valence-electron chi connectivity index (χ3n) is 3.17. The molecule has 2 heterocycles. The molecule has 0 saturated heterocycles. The predicted octanol–water partition coefficient (Wildman–Crippen LogP) is 4.14.